The Morgan fingerprint density at radius 2 is 1.91 bits per heavy atom. The standard InChI is InChI=1S/C20H20F3N5O4/c1-4-31-14-7-11(5-6-13(14)29)17-24-9-12(10-25-17)26-18(30)27-16-8-15(32-28-16)19(2,3)20(21,22)23/h5,7-10H,4,6H2,1-3H3,(H2,26,27,28,30). The van der Waals surface area contributed by atoms with Crippen LogP contribution < -0.4 is 10.6 Å². The zero-order chi connectivity index (χ0) is 23.5. The largest absolute Gasteiger partial charge is 0.490 e. The fraction of sp³-hybridized carbons (Fsp3) is 0.350. The molecule has 0 aliphatic heterocycles. The van der Waals surface area contributed by atoms with Crippen molar-refractivity contribution in [3.8, 4) is 0 Å². The lowest BCUT2D eigenvalue weighted by molar-refractivity contribution is -0.185. The zero-order valence-electron chi connectivity index (χ0n) is 17.4. The Kier molecular flexibility index (Phi) is 6.32. The topological polar surface area (TPSA) is 119 Å². The second-order valence-electron chi connectivity index (χ2n) is 7.30. The van der Waals surface area contributed by atoms with Gasteiger partial charge in [-0.2, -0.15) is 13.2 Å². The lowest BCUT2D eigenvalue weighted by Gasteiger charge is -2.24. The van der Waals surface area contributed by atoms with Crippen LogP contribution in [0.1, 0.15) is 38.8 Å². The first-order valence-electron chi connectivity index (χ1n) is 9.53. The highest BCUT2D eigenvalue weighted by Gasteiger charge is 2.51. The number of amides is 2. The van der Waals surface area contributed by atoms with Crippen molar-refractivity contribution in [2.75, 3.05) is 17.2 Å². The number of aromatic nitrogens is 3. The summed E-state index contributed by atoms with van der Waals surface area (Å²) in [6, 6.07) is 0.234. The van der Waals surface area contributed by atoms with Crippen molar-refractivity contribution in [1.29, 1.82) is 0 Å². The molecule has 2 N–H and O–H groups in total. The third kappa shape index (κ3) is 4.95. The van der Waals surface area contributed by atoms with Crippen molar-refractivity contribution < 1.29 is 32.0 Å². The number of alkyl halides is 3. The maximum Gasteiger partial charge on any atom is 0.401 e. The van der Waals surface area contributed by atoms with Gasteiger partial charge in [0.2, 0.25) is 5.78 Å². The van der Waals surface area contributed by atoms with Gasteiger partial charge in [-0.05, 0) is 26.8 Å². The molecule has 0 fully saturated rings. The number of allylic oxidation sites excluding steroid dienone is 4. The molecule has 0 bridgehead atoms. The fourth-order valence-electron chi connectivity index (χ4n) is 2.61. The van der Waals surface area contributed by atoms with Crippen LogP contribution in [0.3, 0.4) is 0 Å². The van der Waals surface area contributed by atoms with E-state index in [0.717, 1.165) is 19.9 Å². The van der Waals surface area contributed by atoms with Crippen LogP contribution in [0.5, 0.6) is 0 Å². The van der Waals surface area contributed by atoms with Crippen LogP contribution in [0.4, 0.5) is 29.5 Å². The molecule has 0 saturated carbocycles. The Morgan fingerprint density at radius 3 is 2.53 bits per heavy atom. The van der Waals surface area contributed by atoms with Crippen molar-refractivity contribution in [3.63, 3.8) is 0 Å². The monoisotopic (exact) mass is 451 g/mol. The van der Waals surface area contributed by atoms with Crippen LogP contribution in [0.25, 0.3) is 5.57 Å². The molecule has 2 heterocycles. The van der Waals surface area contributed by atoms with Crippen LogP contribution >= 0.6 is 0 Å². The van der Waals surface area contributed by atoms with Gasteiger partial charge in [0.1, 0.15) is 5.41 Å². The predicted molar refractivity (Wildman–Crippen MR) is 108 cm³/mol. The number of anilines is 2. The van der Waals surface area contributed by atoms with Crippen molar-refractivity contribution >= 4 is 28.9 Å². The summed E-state index contributed by atoms with van der Waals surface area (Å²) in [7, 11) is 0. The molecule has 0 unspecified atom stereocenters. The molecule has 12 heteroatoms. The molecule has 3 rings (SSSR count). The van der Waals surface area contributed by atoms with Crippen LogP contribution in [0, 0.1) is 0 Å². The molecule has 0 atom stereocenters. The molecule has 2 amide bonds. The molecular formula is C20H20F3N5O4. The summed E-state index contributed by atoms with van der Waals surface area (Å²) < 4.78 is 49.3. The Balaban J connectivity index is 1.63. The minimum absolute atomic E-state index is 0.139. The molecule has 32 heavy (non-hydrogen) atoms. The van der Waals surface area contributed by atoms with Crippen molar-refractivity contribution in [3.05, 3.63) is 48.0 Å². The van der Waals surface area contributed by atoms with Gasteiger partial charge >= 0.3 is 12.2 Å². The summed E-state index contributed by atoms with van der Waals surface area (Å²) in [5.41, 5.74) is -1.44. The van der Waals surface area contributed by atoms with Gasteiger partial charge in [0.15, 0.2) is 23.2 Å². The minimum atomic E-state index is -4.55. The van der Waals surface area contributed by atoms with E-state index in [1.807, 2.05) is 0 Å². The van der Waals surface area contributed by atoms with Crippen LogP contribution in [0.15, 0.2) is 40.9 Å². The summed E-state index contributed by atoms with van der Waals surface area (Å²) >= 11 is 0. The molecule has 0 radical (unpaired) electrons. The van der Waals surface area contributed by atoms with E-state index in [-0.39, 0.29) is 29.5 Å². The second-order valence-corrected chi connectivity index (χ2v) is 7.30. The number of Topliss-reactive ketones (excluding diaryl/α,β-unsaturated/α-hetero) is 1. The Hall–Kier alpha value is -3.70. The summed E-state index contributed by atoms with van der Waals surface area (Å²) in [5.74, 6) is -0.197. The normalized spacial score (nSPS) is 14.5. The van der Waals surface area contributed by atoms with E-state index < -0.39 is 23.4 Å². The number of nitrogens with zero attached hydrogens (tertiary/aromatic N) is 3. The molecule has 0 spiro atoms. The van der Waals surface area contributed by atoms with E-state index >= 15 is 0 Å². The lowest BCUT2D eigenvalue weighted by Crippen LogP contribution is -2.35. The van der Waals surface area contributed by atoms with Gasteiger partial charge in [0, 0.05) is 18.1 Å². The van der Waals surface area contributed by atoms with E-state index in [0.29, 0.717) is 18.0 Å². The van der Waals surface area contributed by atoms with Crippen molar-refractivity contribution in [2.45, 2.75) is 38.8 Å². The summed E-state index contributed by atoms with van der Waals surface area (Å²) in [5, 5.41) is 8.18. The van der Waals surface area contributed by atoms with Gasteiger partial charge in [0.05, 0.1) is 24.7 Å². The maximum atomic E-state index is 13.1. The number of hydrogen-bond donors (Lipinski definition) is 2. The number of carbonyl (C=O) groups excluding carboxylic acids is 2. The highest BCUT2D eigenvalue weighted by Crippen LogP contribution is 2.41. The molecule has 2 aromatic rings. The summed E-state index contributed by atoms with van der Waals surface area (Å²) in [4.78, 5) is 32.2. The van der Waals surface area contributed by atoms with Gasteiger partial charge < -0.3 is 14.6 Å². The Labute approximate surface area is 180 Å². The van der Waals surface area contributed by atoms with E-state index in [9.17, 15) is 22.8 Å². The number of nitrogens with one attached hydrogen (secondary N) is 2. The van der Waals surface area contributed by atoms with Gasteiger partial charge in [-0.1, -0.05) is 11.2 Å². The molecule has 0 saturated heterocycles. The van der Waals surface area contributed by atoms with E-state index in [1.165, 1.54) is 12.4 Å². The first kappa shape index (κ1) is 23.0. The second kappa shape index (κ2) is 8.81. The molecule has 0 aromatic carbocycles. The van der Waals surface area contributed by atoms with E-state index in [1.54, 1.807) is 19.1 Å². The van der Waals surface area contributed by atoms with E-state index in [2.05, 4.69) is 25.8 Å². The highest BCUT2D eigenvalue weighted by molar-refractivity contribution is 6.01. The smallest absolute Gasteiger partial charge is 0.401 e. The van der Waals surface area contributed by atoms with Gasteiger partial charge in [0.25, 0.3) is 0 Å². The van der Waals surface area contributed by atoms with Crippen LogP contribution in [-0.4, -0.2) is 39.7 Å². The number of carbonyl (C=O) groups is 2. The average molecular weight is 451 g/mol. The van der Waals surface area contributed by atoms with E-state index in [4.69, 9.17) is 9.26 Å². The summed E-state index contributed by atoms with van der Waals surface area (Å²) in [6.45, 7) is 4.01. The fourth-order valence-corrected chi connectivity index (χ4v) is 2.61. The van der Waals surface area contributed by atoms with Crippen LogP contribution in [-0.2, 0) is 14.9 Å². The van der Waals surface area contributed by atoms with Gasteiger partial charge in [-0.3, -0.25) is 10.1 Å². The highest BCUT2D eigenvalue weighted by atomic mass is 19.4. The molecular weight excluding hydrogens is 431 g/mol. The number of halogens is 3. The lowest BCUT2D eigenvalue weighted by atomic mass is 9.89. The number of rotatable bonds is 6. The third-order valence-electron chi connectivity index (χ3n) is 4.61. The number of ether oxygens (including phenoxy) is 1. The average Bonchev–Trinajstić information content (AvgIpc) is 3.18. The number of ketones is 1. The quantitative estimate of drug-likeness (QED) is 0.675. The number of hydrogen-bond acceptors (Lipinski definition) is 7. The molecule has 1 aliphatic rings. The number of urea groups is 1. The molecule has 2 aromatic heterocycles. The zero-order valence-corrected chi connectivity index (χ0v) is 17.4. The predicted octanol–water partition coefficient (Wildman–Crippen LogP) is 4.23. The molecule has 170 valence electrons. The van der Waals surface area contributed by atoms with Gasteiger partial charge in [-0.25, -0.2) is 14.8 Å². The minimum Gasteiger partial charge on any atom is -0.490 e. The van der Waals surface area contributed by atoms with Crippen molar-refractivity contribution in [2.24, 2.45) is 0 Å². The molecule has 9 nitrogen and oxygen atoms in total. The first-order chi connectivity index (χ1) is 15.0. The Morgan fingerprint density at radius 1 is 1.22 bits per heavy atom. The Bertz CT molecular complexity index is 1070. The van der Waals surface area contributed by atoms with Crippen molar-refractivity contribution in [1.82, 2.24) is 15.1 Å². The first-order valence-corrected chi connectivity index (χ1v) is 9.53. The molecule has 1 aliphatic carbocycles. The van der Waals surface area contributed by atoms with Gasteiger partial charge in [-0.15, -0.1) is 0 Å². The van der Waals surface area contributed by atoms with Crippen LogP contribution in [0.2, 0.25) is 0 Å². The summed E-state index contributed by atoms with van der Waals surface area (Å²) in [6.07, 6.45) is 1.52. The SMILES string of the molecule is CCOC1=CC(c2ncc(NC(=O)Nc3cc(C(C)(C)C(F)(F)F)on3)cn2)=CCC1=O. The maximum absolute atomic E-state index is 13.1. The third-order valence-corrected chi connectivity index (χ3v) is 4.61.